The molecule has 0 radical (unpaired) electrons. The molecule has 9 heavy (non-hydrogen) atoms. The summed E-state index contributed by atoms with van der Waals surface area (Å²) in [4.78, 5) is 1.41. The topological polar surface area (TPSA) is 0 Å². The summed E-state index contributed by atoms with van der Waals surface area (Å²) in [5.41, 5.74) is 0. The standard InChI is InChI=1S/C8H12S/c1-7-4-3-5-8(6-7)9-2/h3,5-7H,4H2,1-2H3. The number of thioether (sulfide) groups is 1. The maximum absolute atomic E-state index is 2.32. The molecule has 1 heteroatoms. The molecular formula is C8H12S. The lowest BCUT2D eigenvalue weighted by Crippen LogP contribution is -1.91. The largest absolute Gasteiger partial charge is 0.130 e. The first-order chi connectivity index (χ1) is 4.33. The summed E-state index contributed by atoms with van der Waals surface area (Å²) in [5, 5.41) is 0. The smallest absolute Gasteiger partial charge is 0.00288 e. The van der Waals surface area contributed by atoms with E-state index in [1.807, 2.05) is 11.8 Å². The quantitative estimate of drug-likeness (QED) is 0.539. The van der Waals surface area contributed by atoms with Gasteiger partial charge in [0.05, 0.1) is 0 Å². The number of hydrogen-bond acceptors (Lipinski definition) is 1. The highest BCUT2D eigenvalue weighted by molar-refractivity contribution is 8.02. The van der Waals surface area contributed by atoms with Gasteiger partial charge in [-0.15, -0.1) is 11.8 Å². The first-order valence-corrected chi connectivity index (χ1v) is 4.47. The molecule has 1 atom stereocenters. The predicted octanol–water partition coefficient (Wildman–Crippen LogP) is 2.83. The molecule has 0 fully saturated rings. The highest BCUT2D eigenvalue weighted by atomic mass is 32.2. The molecule has 0 aliphatic heterocycles. The van der Waals surface area contributed by atoms with E-state index >= 15 is 0 Å². The van der Waals surface area contributed by atoms with Gasteiger partial charge in [-0.1, -0.05) is 25.2 Å². The van der Waals surface area contributed by atoms with Gasteiger partial charge in [0.25, 0.3) is 0 Å². The molecule has 1 aliphatic carbocycles. The van der Waals surface area contributed by atoms with Crippen LogP contribution in [-0.4, -0.2) is 6.26 Å². The molecule has 0 aromatic carbocycles. The Morgan fingerprint density at radius 2 is 2.44 bits per heavy atom. The fraction of sp³-hybridized carbons (Fsp3) is 0.500. The lowest BCUT2D eigenvalue weighted by molar-refractivity contribution is 0.735. The van der Waals surface area contributed by atoms with Gasteiger partial charge in [0.2, 0.25) is 0 Å². The van der Waals surface area contributed by atoms with Crippen molar-refractivity contribution in [3.05, 3.63) is 23.1 Å². The molecule has 1 unspecified atom stereocenters. The zero-order chi connectivity index (χ0) is 6.69. The van der Waals surface area contributed by atoms with Crippen molar-refractivity contribution in [3.63, 3.8) is 0 Å². The Labute approximate surface area is 61.0 Å². The van der Waals surface area contributed by atoms with E-state index in [0.717, 1.165) is 5.92 Å². The molecule has 0 amide bonds. The third-order valence-electron chi connectivity index (χ3n) is 1.47. The van der Waals surface area contributed by atoms with E-state index in [4.69, 9.17) is 0 Å². The summed E-state index contributed by atoms with van der Waals surface area (Å²) >= 11 is 1.82. The average molecular weight is 140 g/mol. The number of hydrogen-bond donors (Lipinski definition) is 0. The summed E-state index contributed by atoms with van der Waals surface area (Å²) in [5.74, 6) is 0.748. The van der Waals surface area contributed by atoms with Crippen LogP contribution in [-0.2, 0) is 0 Å². The van der Waals surface area contributed by atoms with Crippen LogP contribution in [0.5, 0.6) is 0 Å². The Bertz CT molecular complexity index is 145. The van der Waals surface area contributed by atoms with Crippen molar-refractivity contribution in [2.45, 2.75) is 13.3 Å². The van der Waals surface area contributed by atoms with Gasteiger partial charge in [-0.2, -0.15) is 0 Å². The van der Waals surface area contributed by atoms with Crippen LogP contribution >= 0.6 is 11.8 Å². The number of rotatable bonds is 1. The van der Waals surface area contributed by atoms with Crippen LogP contribution in [0.1, 0.15) is 13.3 Å². The van der Waals surface area contributed by atoms with E-state index in [1.165, 1.54) is 11.3 Å². The fourth-order valence-corrected chi connectivity index (χ4v) is 1.54. The Kier molecular flexibility index (Phi) is 2.40. The Morgan fingerprint density at radius 3 is 2.89 bits per heavy atom. The summed E-state index contributed by atoms with van der Waals surface area (Å²) in [6.07, 6.45) is 10.1. The summed E-state index contributed by atoms with van der Waals surface area (Å²) in [6.45, 7) is 2.25. The van der Waals surface area contributed by atoms with Gasteiger partial charge in [-0.25, -0.2) is 0 Å². The van der Waals surface area contributed by atoms with Crippen molar-refractivity contribution in [2.75, 3.05) is 6.26 Å². The maximum Gasteiger partial charge on any atom is 0.00288 e. The van der Waals surface area contributed by atoms with Crippen LogP contribution < -0.4 is 0 Å². The molecule has 50 valence electrons. The van der Waals surface area contributed by atoms with Crippen molar-refractivity contribution in [1.82, 2.24) is 0 Å². The van der Waals surface area contributed by atoms with Crippen molar-refractivity contribution in [2.24, 2.45) is 5.92 Å². The monoisotopic (exact) mass is 140 g/mol. The molecule has 0 heterocycles. The Balaban J connectivity index is 2.59. The normalized spacial score (nSPS) is 26.0. The second kappa shape index (κ2) is 3.11. The van der Waals surface area contributed by atoms with Crippen LogP contribution in [0.3, 0.4) is 0 Å². The molecule has 0 aromatic rings. The third kappa shape index (κ3) is 1.90. The van der Waals surface area contributed by atoms with Gasteiger partial charge in [0, 0.05) is 4.91 Å². The van der Waals surface area contributed by atoms with Gasteiger partial charge >= 0.3 is 0 Å². The molecule has 0 N–H and O–H groups in total. The Morgan fingerprint density at radius 1 is 1.67 bits per heavy atom. The van der Waals surface area contributed by atoms with E-state index in [9.17, 15) is 0 Å². The van der Waals surface area contributed by atoms with Crippen LogP contribution in [0, 0.1) is 5.92 Å². The summed E-state index contributed by atoms with van der Waals surface area (Å²) < 4.78 is 0. The van der Waals surface area contributed by atoms with E-state index in [1.54, 1.807) is 0 Å². The first kappa shape index (κ1) is 6.94. The van der Waals surface area contributed by atoms with Crippen LogP contribution in [0.15, 0.2) is 23.1 Å². The zero-order valence-electron chi connectivity index (χ0n) is 5.92. The summed E-state index contributed by atoms with van der Waals surface area (Å²) in [6, 6.07) is 0. The molecule has 0 bridgehead atoms. The maximum atomic E-state index is 2.32. The van der Waals surface area contributed by atoms with E-state index in [0.29, 0.717) is 0 Å². The van der Waals surface area contributed by atoms with Gasteiger partial charge in [-0.05, 0) is 18.6 Å². The highest BCUT2D eigenvalue weighted by Crippen LogP contribution is 2.22. The second-order valence-electron chi connectivity index (χ2n) is 2.39. The highest BCUT2D eigenvalue weighted by Gasteiger charge is 2.01. The molecule has 0 aromatic heterocycles. The predicted molar refractivity (Wildman–Crippen MR) is 44.5 cm³/mol. The minimum Gasteiger partial charge on any atom is -0.130 e. The van der Waals surface area contributed by atoms with Crippen molar-refractivity contribution < 1.29 is 0 Å². The first-order valence-electron chi connectivity index (χ1n) is 3.25. The molecule has 0 spiro atoms. The van der Waals surface area contributed by atoms with E-state index in [2.05, 4.69) is 31.4 Å². The number of allylic oxidation sites excluding steroid dienone is 3. The zero-order valence-corrected chi connectivity index (χ0v) is 6.74. The molecule has 1 aliphatic rings. The molecule has 1 rings (SSSR count). The lowest BCUT2D eigenvalue weighted by atomic mass is 10.0. The minimum atomic E-state index is 0.748. The fourth-order valence-electron chi connectivity index (χ4n) is 0.939. The van der Waals surface area contributed by atoms with E-state index < -0.39 is 0 Å². The van der Waals surface area contributed by atoms with Crippen molar-refractivity contribution in [1.29, 1.82) is 0 Å². The van der Waals surface area contributed by atoms with Gasteiger partial charge in [-0.3, -0.25) is 0 Å². The van der Waals surface area contributed by atoms with Crippen LogP contribution in [0.2, 0.25) is 0 Å². The van der Waals surface area contributed by atoms with E-state index in [-0.39, 0.29) is 0 Å². The molecular weight excluding hydrogens is 128 g/mol. The van der Waals surface area contributed by atoms with Crippen molar-refractivity contribution >= 4 is 11.8 Å². The minimum absolute atomic E-state index is 0.748. The Hall–Kier alpha value is -0.170. The molecule has 0 saturated carbocycles. The van der Waals surface area contributed by atoms with Crippen LogP contribution in [0.25, 0.3) is 0 Å². The summed E-state index contributed by atoms with van der Waals surface area (Å²) in [7, 11) is 0. The van der Waals surface area contributed by atoms with Gasteiger partial charge in [0.15, 0.2) is 0 Å². The second-order valence-corrected chi connectivity index (χ2v) is 3.27. The lowest BCUT2D eigenvalue weighted by Gasteiger charge is -2.09. The molecule has 0 saturated heterocycles. The van der Waals surface area contributed by atoms with Gasteiger partial charge < -0.3 is 0 Å². The molecule has 0 nitrogen and oxygen atoms in total. The van der Waals surface area contributed by atoms with Crippen LogP contribution in [0.4, 0.5) is 0 Å². The SMILES string of the molecule is CSC1=CC(C)CC=C1. The average Bonchev–Trinajstić information content (AvgIpc) is 1.88. The third-order valence-corrected chi connectivity index (χ3v) is 2.22. The van der Waals surface area contributed by atoms with Gasteiger partial charge in [0.1, 0.15) is 0 Å². The van der Waals surface area contributed by atoms with Crippen molar-refractivity contribution in [3.8, 4) is 0 Å².